The summed E-state index contributed by atoms with van der Waals surface area (Å²) in [7, 11) is 0. The summed E-state index contributed by atoms with van der Waals surface area (Å²) in [6, 6.07) is 8.67. The number of benzene rings is 1. The van der Waals surface area contributed by atoms with Crippen molar-refractivity contribution in [3.8, 4) is 0 Å². The fourth-order valence-electron chi connectivity index (χ4n) is 1.42. The van der Waals surface area contributed by atoms with E-state index in [1.165, 1.54) is 0 Å². The van der Waals surface area contributed by atoms with Gasteiger partial charge in [0.1, 0.15) is 6.04 Å². The van der Waals surface area contributed by atoms with Gasteiger partial charge in [-0.2, -0.15) is 0 Å². The Hall–Kier alpha value is -1.35. The summed E-state index contributed by atoms with van der Waals surface area (Å²) in [6.07, 6.45) is 2.06. The maximum atomic E-state index is 11.0. The third-order valence-electron chi connectivity index (χ3n) is 2.26. The number of hydrogen-bond acceptors (Lipinski definition) is 2. The molecule has 3 nitrogen and oxygen atoms in total. The molecule has 0 aromatic heterocycles. The van der Waals surface area contributed by atoms with E-state index in [1.54, 1.807) is 0 Å². The Morgan fingerprint density at radius 2 is 2.07 bits per heavy atom. The molecular formula is C12H17NO2. The van der Waals surface area contributed by atoms with Crippen LogP contribution in [0.3, 0.4) is 0 Å². The van der Waals surface area contributed by atoms with E-state index in [-0.39, 0.29) is 0 Å². The molecule has 3 heteroatoms. The van der Waals surface area contributed by atoms with Crippen molar-refractivity contribution in [3.63, 3.8) is 0 Å². The van der Waals surface area contributed by atoms with Crippen molar-refractivity contribution >= 4 is 5.97 Å². The third-order valence-corrected chi connectivity index (χ3v) is 2.26. The molecule has 1 atom stereocenters. The monoisotopic (exact) mass is 207 g/mol. The maximum absolute atomic E-state index is 11.0. The first-order valence-electron chi connectivity index (χ1n) is 5.27. The molecule has 15 heavy (non-hydrogen) atoms. The van der Waals surface area contributed by atoms with E-state index in [0.29, 0.717) is 0 Å². The first kappa shape index (κ1) is 11.7. The zero-order chi connectivity index (χ0) is 11.1. The Balaban J connectivity index is 2.62. The van der Waals surface area contributed by atoms with Gasteiger partial charge in [0, 0.05) is 0 Å². The van der Waals surface area contributed by atoms with Gasteiger partial charge in [-0.25, -0.2) is 0 Å². The highest BCUT2D eigenvalue weighted by molar-refractivity contribution is 5.75. The van der Waals surface area contributed by atoms with Gasteiger partial charge in [-0.15, -0.1) is 0 Å². The first-order valence-corrected chi connectivity index (χ1v) is 5.27. The summed E-state index contributed by atoms with van der Waals surface area (Å²) in [4.78, 5) is 11.0. The van der Waals surface area contributed by atoms with Crippen LogP contribution in [0.25, 0.3) is 0 Å². The molecule has 2 N–H and O–H groups in total. The fraction of sp³-hybridized carbons (Fsp3) is 0.417. The smallest absolute Gasteiger partial charge is 0.325 e. The topological polar surface area (TPSA) is 49.3 Å². The molecule has 0 aliphatic carbocycles. The Kier molecular flexibility index (Phi) is 4.84. The van der Waals surface area contributed by atoms with E-state index in [1.807, 2.05) is 30.3 Å². The van der Waals surface area contributed by atoms with Crippen molar-refractivity contribution in [2.75, 3.05) is 6.54 Å². The lowest BCUT2D eigenvalue weighted by atomic mass is 10.1. The van der Waals surface area contributed by atoms with E-state index in [2.05, 4.69) is 12.2 Å². The van der Waals surface area contributed by atoms with Gasteiger partial charge >= 0.3 is 5.97 Å². The van der Waals surface area contributed by atoms with Gasteiger partial charge in [0.25, 0.3) is 0 Å². The molecule has 0 saturated carbocycles. The minimum absolute atomic E-state index is 0.585. The van der Waals surface area contributed by atoms with E-state index < -0.39 is 12.0 Å². The van der Waals surface area contributed by atoms with Crippen molar-refractivity contribution in [1.82, 2.24) is 5.32 Å². The molecule has 0 spiro atoms. The molecule has 0 aliphatic rings. The van der Waals surface area contributed by atoms with E-state index in [4.69, 9.17) is 5.11 Å². The summed E-state index contributed by atoms with van der Waals surface area (Å²) >= 11 is 0. The molecule has 82 valence electrons. The Labute approximate surface area is 90.1 Å². The van der Waals surface area contributed by atoms with Gasteiger partial charge in [-0.3, -0.25) is 4.79 Å². The Morgan fingerprint density at radius 3 is 2.60 bits per heavy atom. The average Bonchev–Trinajstić information content (AvgIpc) is 2.25. The summed E-state index contributed by atoms with van der Waals surface area (Å²) in [6.45, 7) is 2.82. The van der Waals surface area contributed by atoms with E-state index in [0.717, 1.165) is 24.9 Å². The van der Waals surface area contributed by atoms with Crippen LogP contribution in [0, 0.1) is 0 Å². The number of unbranched alkanes of at least 4 members (excludes halogenated alkanes) is 1. The number of nitrogens with one attached hydrogen (secondary N) is 1. The highest BCUT2D eigenvalue weighted by atomic mass is 16.4. The normalized spacial score (nSPS) is 12.3. The maximum Gasteiger partial charge on any atom is 0.325 e. The highest BCUT2D eigenvalue weighted by Crippen LogP contribution is 2.12. The van der Waals surface area contributed by atoms with Crippen LogP contribution in [0.5, 0.6) is 0 Å². The molecule has 0 amide bonds. The van der Waals surface area contributed by atoms with Crippen LogP contribution in [-0.2, 0) is 4.79 Å². The molecule has 1 aromatic carbocycles. The van der Waals surface area contributed by atoms with Gasteiger partial charge in [-0.1, -0.05) is 43.7 Å². The molecule has 0 saturated heterocycles. The van der Waals surface area contributed by atoms with Gasteiger partial charge in [0.2, 0.25) is 0 Å². The van der Waals surface area contributed by atoms with Crippen LogP contribution in [0.15, 0.2) is 30.3 Å². The second kappa shape index (κ2) is 6.19. The number of hydrogen-bond donors (Lipinski definition) is 2. The number of aliphatic carboxylic acids is 1. The van der Waals surface area contributed by atoms with Crippen molar-refractivity contribution in [3.05, 3.63) is 35.9 Å². The van der Waals surface area contributed by atoms with Gasteiger partial charge in [0.15, 0.2) is 0 Å². The minimum atomic E-state index is -0.822. The number of carboxylic acids is 1. The van der Waals surface area contributed by atoms with Crippen molar-refractivity contribution in [2.45, 2.75) is 25.8 Å². The number of rotatable bonds is 6. The van der Waals surface area contributed by atoms with Gasteiger partial charge in [0.05, 0.1) is 0 Å². The molecule has 1 aromatic rings. The quantitative estimate of drug-likeness (QED) is 0.703. The number of carbonyl (C=O) groups is 1. The van der Waals surface area contributed by atoms with Gasteiger partial charge in [-0.05, 0) is 18.5 Å². The van der Waals surface area contributed by atoms with Crippen LogP contribution in [0.4, 0.5) is 0 Å². The molecule has 0 aliphatic heterocycles. The minimum Gasteiger partial charge on any atom is -0.480 e. The van der Waals surface area contributed by atoms with Crippen molar-refractivity contribution in [2.24, 2.45) is 0 Å². The molecule has 0 unspecified atom stereocenters. The Bertz CT molecular complexity index is 298. The predicted octanol–water partition coefficient (Wildman–Crippen LogP) is 2.20. The SMILES string of the molecule is CCCCN[C@@H](C(=O)O)c1ccccc1. The zero-order valence-electron chi connectivity index (χ0n) is 8.94. The molecule has 1 rings (SSSR count). The molecule has 0 bridgehead atoms. The first-order chi connectivity index (χ1) is 7.25. The zero-order valence-corrected chi connectivity index (χ0v) is 8.94. The summed E-state index contributed by atoms with van der Waals surface area (Å²) in [5.41, 5.74) is 0.807. The van der Waals surface area contributed by atoms with Crippen LogP contribution >= 0.6 is 0 Å². The van der Waals surface area contributed by atoms with Crippen LogP contribution in [-0.4, -0.2) is 17.6 Å². The lowest BCUT2D eigenvalue weighted by Gasteiger charge is -2.14. The second-order valence-electron chi connectivity index (χ2n) is 3.49. The molecule has 0 fully saturated rings. The second-order valence-corrected chi connectivity index (χ2v) is 3.49. The molecule has 0 radical (unpaired) electrons. The van der Waals surface area contributed by atoms with Crippen LogP contribution < -0.4 is 5.32 Å². The molecule has 0 heterocycles. The lowest BCUT2D eigenvalue weighted by molar-refractivity contribution is -0.139. The van der Waals surface area contributed by atoms with E-state index >= 15 is 0 Å². The average molecular weight is 207 g/mol. The Morgan fingerprint density at radius 1 is 1.40 bits per heavy atom. The van der Waals surface area contributed by atoms with Crippen molar-refractivity contribution in [1.29, 1.82) is 0 Å². The highest BCUT2D eigenvalue weighted by Gasteiger charge is 2.17. The standard InChI is InChI=1S/C12H17NO2/c1-2-3-9-13-11(12(14)15)10-7-5-4-6-8-10/h4-8,11,13H,2-3,9H2,1H3,(H,14,15)/t11-/m1/s1. The fourth-order valence-corrected chi connectivity index (χ4v) is 1.42. The summed E-state index contributed by atoms with van der Waals surface area (Å²) in [5, 5.41) is 12.1. The third kappa shape index (κ3) is 3.72. The van der Waals surface area contributed by atoms with E-state index in [9.17, 15) is 4.79 Å². The van der Waals surface area contributed by atoms with Crippen LogP contribution in [0.1, 0.15) is 31.4 Å². The predicted molar refractivity (Wildman–Crippen MR) is 59.7 cm³/mol. The van der Waals surface area contributed by atoms with Crippen LogP contribution in [0.2, 0.25) is 0 Å². The lowest BCUT2D eigenvalue weighted by Crippen LogP contribution is -2.29. The van der Waals surface area contributed by atoms with Gasteiger partial charge < -0.3 is 10.4 Å². The summed E-state index contributed by atoms with van der Waals surface area (Å²) in [5.74, 6) is -0.822. The molecular weight excluding hydrogens is 190 g/mol. The number of carboxylic acid groups (broad SMARTS) is 1. The largest absolute Gasteiger partial charge is 0.480 e. The summed E-state index contributed by atoms with van der Waals surface area (Å²) < 4.78 is 0. The van der Waals surface area contributed by atoms with Crippen molar-refractivity contribution < 1.29 is 9.90 Å².